The van der Waals surface area contributed by atoms with Gasteiger partial charge in [-0.2, -0.15) is 0 Å². The van der Waals surface area contributed by atoms with Gasteiger partial charge in [0, 0.05) is 38.3 Å². The SMILES string of the molecule is COc1cccc([C@@H]2CCCN2C(=O)NCCSc2nccn2C)c1. The Labute approximate surface area is 152 Å². The number of nitrogens with zero attached hydrogens (tertiary/aromatic N) is 3. The highest BCUT2D eigenvalue weighted by molar-refractivity contribution is 7.99. The number of methoxy groups -OCH3 is 1. The molecule has 134 valence electrons. The van der Waals surface area contributed by atoms with E-state index >= 15 is 0 Å². The Morgan fingerprint density at radius 3 is 3.12 bits per heavy atom. The standard InChI is InChI=1S/C18H24N4O2S/c1-21-11-8-20-18(21)25-12-9-19-17(23)22-10-4-7-16(22)14-5-3-6-15(13-14)24-2/h3,5-6,8,11,13,16H,4,7,9-10,12H2,1-2H3,(H,19,23)/t16-/m0/s1. The first kappa shape index (κ1) is 17.7. The molecule has 7 heteroatoms. The average molecular weight is 360 g/mol. The van der Waals surface area contributed by atoms with Gasteiger partial charge in [-0.3, -0.25) is 0 Å². The van der Waals surface area contributed by atoms with Gasteiger partial charge >= 0.3 is 6.03 Å². The van der Waals surface area contributed by atoms with E-state index in [1.165, 1.54) is 0 Å². The molecule has 1 N–H and O–H groups in total. The lowest BCUT2D eigenvalue weighted by Crippen LogP contribution is -2.40. The summed E-state index contributed by atoms with van der Waals surface area (Å²) in [7, 11) is 3.63. The topological polar surface area (TPSA) is 59.4 Å². The number of imidazole rings is 1. The lowest BCUT2D eigenvalue weighted by Gasteiger charge is -2.25. The Bertz CT molecular complexity index is 719. The van der Waals surface area contributed by atoms with E-state index in [2.05, 4.69) is 16.4 Å². The van der Waals surface area contributed by atoms with E-state index in [0.29, 0.717) is 6.54 Å². The van der Waals surface area contributed by atoms with Gasteiger partial charge < -0.3 is 19.5 Å². The molecule has 0 radical (unpaired) electrons. The van der Waals surface area contributed by atoms with Gasteiger partial charge in [0.15, 0.2) is 5.16 Å². The molecule has 2 aromatic rings. The largest absolute Gasteiger partial charge is 0.497 e. The van der Waals surface area contributed by atoms with E-state index in [-0.39, 0.29) is 12.1 Å². The molecule has 25 heavy (non-hydrogen) atoms. The molecule has 2 amide bonds. The summed E-state index contributed by atoms with van der Waals surface area (Å²) in [4.78, 5) is 18.8. The van der Waals surface area contributed by atoms with Crippen molar-refractivity contribution >= 4 is 17.8 Å². The van der Waals surface area contributed by atoms with E-state index < -0.39 is 0 Å². The highest BCUT2D eigenvalue weighted by Gasteiger charge is 2.29. The van der Waals surface area contributed by atoms with E-state index in [4.69, 9.17) is 4.74 Å². The normalized spacial score (nSPS) is 16.9. The second-order valence-corrected chi connectivity index (χ2v) is 7.09. The first-order chi connectivity index (χ1) is 12.2. The monoisotopic (exact) mass is 360 g/mol. The highest BCUT2D eigenvalue weighted by Crippen LogP contribution is 2.33. The molecular formula is C18H24N4O2S. The van der Waals surface area contributed by atoms with E-state index in [0.717, 1.165) is 41.6 Å². The molecule has 1 aromatic heterocycles. The van der Waals surface area contributed by atoms with Gasteiger partial charge in [-0.25, -0.2) is 9.78 Å². The predicted molar refractivity (Wildman–Crippen MR) is 99.0 cm³/mol. The summed E-state index contributed by atoms with van der Waals surface area (Å²) < 4.78 is 7.28. The first-order valence-corrected chi connectivity index (χ1v) is 9.46. The fourth-order valence-corrected chi connectivity index (χ4v) is 3.88. The molecule has 0 bridgehead atoms. The van der Waals surface area contributed by atoms with Crippen LogP contribution in [0.4, 0.5) is 4.79 Å². The number of aryl methyl sites for hydroxylation is 1. The number of amides is 2. The van der Waals surface area contributed by atoms with Gasteiger partial charge in [0.1, 0.15) is 5.75 Å². The van der Waals surface area contributed by atoms with Gasteiger partial charge in [0.05, 0.1) is 13.2 Å². The third-order valence-electron chi connectivity index (χ3n) is 4.38. The molecule has 1 atom stereocenters. The number of thioether (sulfide) groups is 1. The zero-order chi connectivity index (χ0) is 17.6. The molecule has 1 fully saturated rings. The van der Waals surface area contributed by atoms with Crippen LogP contribution in [0.1, 0.15) is 24.4 Å². The number of carbonyl (C=O) groups is 1. The van der Waals surface area contributed by atoms with Crippen molar-refractivity contribution in [3.8, 4) is 5.75 Å². The lowest BCUT2D eigenvalue weighted by molar-refractivity contribution is 0.193. The molecule has 0 saturated carbocycles. The lowest BCUT2D eigenvalue weighted by atomic mass is 10.0. The van der Waals surface area contributed by atoms with Crippen molar-refractivity contribution in [3.63, 3.8) is 0 Å². The van der Waals surface area contributed by atoms with Crippen LogP contribution in [0, 0.1) is 0 Å². The minimum absolute atomic E-state index is 0.00533. The van der Waals surface area contributed by atoms with Crippen LogP contribution < -0.4 is 10.1 Å². The second-order valence-electron chi connectivity index (χ2n) is 6.03. The summed E-state index contributed by atoms with van der Waals surface area (Å²) in [5, 5.41) is 4.00. The predicted octanol–water partition coefficient (Wildman–Crippen LogP) is 3.07. The summed E-state index contributed by atoms with van der Waals surface area (Å²) in [6.07, 6.45) is 5.72. The third-order valence-corrected chi connectivity index (χ3v) is 5.44. The number of benzene rings is 1. The molecule has 0 unspecified atom stereocenters. The number of ether oxygens (including phenoxy) is 1. The third kappa shape index (κ3) is 4.28. The number of carbonyl (C=O) groups excluding carboxylic acids is 1. The molecule has 6 nitrogen and oxygen atoms in total. The van der Waals surface area contributed by atoms with Crippen LogP contribution in [-0.2, 0) is 7.05 Å². The average Bonchev–Trinajstić information content (AvgIpc) is 3.28. The van der Waals surface area contributed by atoms with Crippen molar-refractivity contribution in [2.24, 2.45) is 7.05 Å². The Hall–Kier alpha value is -2.15. The number of hydrogen-bond acceptors (Lipinski definition) is 4. The van der Waals surface area contributed by atoms with Crippen LogP contribution >= 0.6 is 11.8 Å². The zero-order valence-corrected chi connectivity index (χ0v) is 15.5. The maximum atomic E-state index is 12.6. The zero-order valence-electron chi connectivity index (χ0n) is 14.6. The fraction of sp³-hybridized carbons (Fsp3) is 0.444. The Morgan fingerprint density at radius 2 is 2.36 bits per heavy atom. The van der Waals surface area contributed by atoms with Gasteiger partial charge in [-0.1, -0.05) is 23.9 Å². The van der Waals surface area contributed by atoms with Gasteiger partial charge in [-0.05, 0) is 30.5 Å². The van der Waals surface area contributed by atoms with Gasteiger partial charge in [0.2, 0.25) is 0 Å². The molecule has 1 aliphatic rings. The number of urea groups is 1. The van der Waals surface area contributed by atoms with Crippen molar-refractivity contribution in [2.75, 3.05) is 26.0 Å². The summed E-state index contributed by atoms with van der Waals surface area (Å²) >= 11 is 1.64. The van der Waals surface area contributed by atoms with E-state index in [1.807, 2.05) is 40.9 Å². The second kappa shape index (κ2) is 8.29. The van der Waals surface area contributed by atoms with Crippen molar-refractivity contribution in [3.05, 3.63) is 42.2 Å². The van der Waals surface area contributed by atoms with Crippen LogP contribution in [0.15, 0.2) is 41.8 Å². The van der Waals surface area contributed by atoms with Crippen LogP contribution in [0.3, 0.4) is 0 Å². The molecule has 0 spiro atoms. The van der Waals surface area contributed by atoms with Crippen molar-refractivity contribution in [1.29, 1.82) is 0 Å². The quantitative estimate of drug-likeness (QED) is 0.635. The number of likely N-dealkylation sites (tertiary alicyclic amines) is 1. The minimum atomic E-state index is 0.00533. The summed E-state index contributed by atoms with van der Waals surface area (Å²) in [6.45, 7) is 1.41. The van der Waals surface area contributed by atoms with Crippen LogP contribution in [0.2, 0.25) is 0 Å². The van der Waals surface area contributed by atoms with Gasteiger partial charge in [0.25, 0.3) is 0 Å². The Morgan fingerprint density at radius 1 is 1.48 bits per heavy atom. The summed E-state index contributed by atoms with van der Waals surface area (Å²) in [5.74, 6) is 1.63. The van der Waals surface area contributed by atoms with Crippen LogP contribution in [0.5, 0.6) is 5.75 Å². The maximum absolute atomic E-state index is 12.6. The molecule has 0 aliphatic carbocycles. The molecule has 1 aliphatic heterocycles. The van der Waals surface area contributed by atoms with Crippen molar-refractivity contribution in [1.82, 2.24) is 19.8 Å². The number of aromatic nitrogens is 2. The number of rotatable bonds is 6. The Balaban J connectivity index is 1.53. The van der Waals surface area contributed by atoms with E-state index in [1.54, 1.807) is 25.1 Å². The van der Waals surface area contributed by atoms with Crippen LogP contribution in [-0.4, -0.2) is 46.4 Å². The summed E-state index contributed by atoms with van der Waals surface area (Å²) in [5.41, 5.74) is 1.13. The van der Waals surface area contributed by atoms with Crippen molar-refractivity contribution in [2.45, 2.75) is 24.0 Å². The van der Waals surface area contributed by atoms with Crippen LogP contribution in [0.25, 0.3) is 0 Å². The molecule has 1 aromatic carbocycles. The minimum Gasteiger partial charge on any atom is -0.497 e. The Kier molecular flexibility index (Phi) is 5.86. The first-order valence-electron chi connectivity index (χ1n) is 8.47. The number of hydrogen-bond donors (Lipinski definition) is 1. The van der Waals surface area contributed by atoms with Crippen molar-refractivity contribution < 1.29 is 9.53 Å². The molecule has 3 rings (SSSR count). The highest BCUT2D eigenvalue weighted by atomic mass is 32.2. The van der Waals surface area contributed by atoms with E-state index in [9.17, 15) is 4.79 Å². The maximum Gasteiger partial charge on any atom is 0.317 e. The fourth-order valence-electron chi connectivity index (χ4n) is 3.10. The molecule has 1 saturated heterocycles. The smallest absolute Gasteiger partial charge is 0.317 e. The molecule has 2 heterocycles. The number of nitrogens with one attached hydrogen (secondary N) is 1. The van der Waals surface area contributed by atoms with Gasteiger partial charge in [-0.15, -0.1) is 0 Å². The molecular weight excluding hydrogens is 336 g/mol. The summed E-state index contributed by atoms with van der Waals surface area (Å²) in [6, 6.07) is 8.12.